The van der Waals surface area contributed by atoms with Gasteiger partial charge in [-0.15, -0.1) is 34.2 Å². The smallest absolute Gasteiger partial charge is 0.194 e. The molecule has 0 amide bonds. The van der Waals surface area contributed by atoms with Gasteiger partial charge in [-0.05, 0) is 25.4 Å². The van der Waals surface area contributed by atoms with Gasteiger partial charge in [-0.3, -0.25) is 4.68 Å². The first-order valence-corrected chi connectivity index (χ1v) is 9.71. The Bertz CT molecular complexity index is 696. The highest BCUT2D eigenvalue weighted by atomic mass is 127. The summed E-state index contributed by atoms with van der Waals surface area (Å²) in [5, 5.41) is 16.0. The van der Waals surface area contributed by atoms with Crippen molar-refractivity contribution in [3.8, 4) is 0 Å². The van der Waals surface area contributed by atoms with Crippen molar-refractivity contribution in [2.75, 3.05) is 25.6 Å². The number of nitrogens with zero attached hydrogens (tertiary/aromatic N) is 7. The molecule has 0 radical (unpaired) electrons. The molecule has 146 valence electrons. The molecule has 2 heterocycles. The fourth-order valence-corrected chi connectivity index (χ4v) is 2.80. The van der Waals surface area contributed by atoms with Crippen LogP contribution in [0.1, 0.15) is 23.6 Å². The van der Waals surface area contributed by atoms with E-state index in [-0.39, 0.29) is 24.0 Å². The molecule has 8 nitrogen and oxygen atoms in total. The molecule has 0 saturated carbocycles. The Labute approximate surface area is 176 Å². The van der Waals surface area contributed by atoms with Gasteiger partial charge in [-0.25, -0.2) is 4.99 Å². The van der Waals surface area contributed by atoms with E-state index < -0.39 is 0 Å². The molecule has 0 aliphatic carbocycles. The number of aryl methyl sites for hydroxylation is 2. The molecule has 0 spiro atoms. The van der Waals surface area contributed by atoms with Gasteiger partial charge in [0.25, 0.3) is 0 Å². The molecule has 0 aliphatic heterocycles. The second-order valence-corrected chi connectivity index (χ2v) is 7.00. The number of aromatic nitrogens is 5. The third-order valence-corrected chi connectivity index (χ3v) is 4.60. The van der Waals surface area contributed by atoms with E-state index in [1.807, 2.05) is 61.5 Å². The van der Waals surface area contributed by atoms with Crippen LogP contribution in [0.3, 0.4) is 0 Å². The van der Waals surface area contributed by atoms with E-state index in [2.05, 4.69) is 31.8 Å². The van der Waals surface area contributed by atoms with Crippen molar-refractivity contribution in [3.05, 3.63) is 29.6 Å². The highest BCUT2D eigenvalue weighted by Crippen LogP contribution is 2.04. The zero-order chi connectivity index (χ0) is 18.2. The van der Waals surface area contributed by atoms with Crippen molar-refractivity contribution in [1.29, 1.82) is 0 Å². The second kappa shape index (κ2) is 11.4. The Morgan fingerprint density at radius 2 is 2.12 bits per heavy atom. The molecule has 0 atom stereocenters. The lowest BCUT2D eigenvalue weighted by Gasteiger charge is -2.22. The van der Waals surface area contributed by atoms with E-state index >= 15 is 0 Å². The van der Waals surface area contributed by atoms with Crippen LogP contribution < -0.4 is 5.32 Å². The van der Waals surface area contributed by atoms with Gasteiger partial charge in [-0.1, -0.05) is 0 Å². The van der Waals surface area contributed by atoms with Crippen molar-refractivity contribution in [3.63, 3.8) is 0 Å². The molecular formula is C16H29IN8S. The number of hydrogen-bond acceptors (Lipinski definition) is 5. The van der Waals surface area contributed by atoms with E-state index in [1.54, 1.807) is 0 Å². The zero-order valence-electron chi connectivity index (χ0n) is 16.1. The maximum atomic E-state index is 4.74. The number of halogens is 1. The number of hydrogen-bond donors (Lipinski definition) is 1. The van der Waals surface area contributed by atoms with Crippen LogP contribution >= 0.6 is 35.7 Å². The molecule has 10 heteroatoms. The largest absolute Gasteiger partial charge is 0.356 e. The van der Waals surface area contributed by atoms with Crippen LogP contribution in [0.25, 0.3) is 0 Å². The minimum Gasteiger partial charge on any atom is -0.356 e. The second-order valence-electron chi connectivity index (χ2n) is 6.01. The van der Waals surface area contributed by atoms with Gasteiger partial charge in [0, 0.05) is 46.0 Å². The Morgan fingerprint density at radius 1 is 1.35 bits per heavy atom. The molecule has 0 bridgehead atoms. The van der Waals surface area contributed by atoms with Crippen molar-refractivity contribution < 1.29 is 0 Å². The fraction of sp³-hybridized carbons (Fsp3) is 0.625. The Balaban J connectivity index is 0.00000338. The van der Waals surface area contributed by atoms with Gasteiger partial charge >= 0.3 is 0 Å². The molecule has 2 aromatic heterocycles. The van der Waals surface area contributed by atoms with Gasteiger partial charge in [0.15, 0.2) is 11.8 Å². The van der Waals surface area contributed by atoms with Gasteiger partial charge in [0.2, 0.25) is 0 Å². The summed E-state index contributed by atoms with van der Waals surface area (Å²) in [6, 6.07) is 0. The van der Waals surface area contributed by atoms with Crippen molar-refractivity contribution in [2.45, 2.75) is 26.4 Å². The van der Waals surface area contributed by atoms with Gasteiger partial charge in [0.1, 0.15) is 12.4 Å². The molecule has 2 rings (SSSR count). The van der Waals surface area contributed by atoms with E-state index in [0.29, 0.717) is 6.54 Å². The van der Waals surface area contributed by atoms with Crippen LogP contribution in [0.2, 0.25) is 0 Å². The maximum absolute atomic E-state index is 4.74. The average molecular weight is 492 g/mol. The lowest BCUT2D eigenvalue weighted by molar-refractivity contribution is 0.474. The summed E-state index contributed by atoms with van der Waals surface area (Å²) in [6.45, 7) is 4.09. The summed E-state index contributed by atoms with van der Waals surface area (Å²) >= 11 is 1.86. The van der Waals surface area contributed by atoms with Gasteiger partial charge in [-0.2, -0.15) is 16.9 Å². The molecule has 1 N–H and O–H groups in total. The molecule has 0 fully saturated rings. The van der Waals surface area contributed by atoms with Crippen LogP contribution in [0.4, 0.5) is 0 Å². The van der Waals surface area contributed by atoms with Crippen molar-refractivity contribution >= 4 is 41.7 Å². The van der Waals surface area contributed by atoms with Crippen LogP contribution in [0.15, 0.2) is 17.4 Å². The predicted octanol–water partition coefficient (Wildman–Crippen LogP) is 1.81. The van der Waals surface area contributed by atoms with E-state index in [9.17, 15) is 0 Å². The molecule has 0 aromatic carbocycles. The van der Waals surface area contributed by atoms with E-state index in [1.165, 1.54) is 0 Å². The lowest BCUT2D eigenvalue weighted by Crippen LogP contribution is -2.39. The zero-order valence-corrected chi connectivity index (χ0v) is 19.3. The van der Waals surface area contributed by atoms with Gasteiger partial charge in [0.05, 0.1) is 6.20 Å². The number of nitrogens with one attached hydrogen (secondary N) is 1. The van der Waals surface area contributed by atoms with Crippen molar-refractivity contribution in [2.24, 2.45) is 19.1 Å². The molecule has 0 saturated heterocycles. The standard InChI is InChI=1S/C16H28N8S.HI/c1-13-20-21-15(24(13)4)10-18-16(17-7-6-8-25-5)22(2)11-14-9-19-23(3)12-14;/h9,12H,6-8,10-11H2,1-5H3,(H,17,18);1H. The normalized spacial score (nSPS) is 11.3. The SMILES string of the molecule is CSCCCNC(=NCc1nnc(C)n1C)N(C)Cc1cnn(C)c1.I. The first-order chi connectivity index (χ1) is 12.0. The summed E-state index contributed by atoms with van der Waals surface area (Å²) in [7, 11) is 5.93. The number of aliphatic imine (C=N–C) groups is 1. The Hall–Kier alpha value is -1.30. The molecule has 26 heavy (non-hydrogen) atoms. The fourth-order valence-electron chi connectivity index (χ4n) is 2.36. The first-order valence-electron chi connectivity index (χ1n) is 8.32. The topological polar surface area (TPSA) is 76.2 Å². The molecule has 0 unspecified atom stereocenters. The maximum Gasteiger partial charge on any atom is 0.194 e. The summed E-state index contributed by atoms with van der Waals surface area (Å²) in [6.07, 6.45) is 7.13. The quantitative estimate of drug-likeness (QED) is 0.262. The monoisotopic (exact) mass is 492 g/mol. The number of rotatable bonds is 8. The average Bonchev–Trinajstić information content (AvgIpc) is 3.13. The summed E-state index contributed by atoms with van der Waals surface area (Å²) in [4.78, 5) is 6.85. The minimum atomic E-state index is 0. The minimum absolute atomic E-state index is 0. The lowest BCUT2D eigenvalue weighted by atomic mass is 10.3. The van der Waals surface area contributed by atoms with Gasteiger partial charge < -0.3 is 14.8 Å². The molecule has 0 aliphatic rings. The third kappa shape index (κ3) is 6.78. The summed E-state index contributed by atoms with van der Waals surface area (Å²) in [5.74, 6) is 3.75. The van der Waals surface area contributed by atoms with Crippen LogP contribution in [-0.2, 0) is 27.2 Å². The van der Waals surface area contributed by atoms with Crippen LogP contribution in [0.5, 0.6) is 0 Å². The van der Waals surface area contributed by atoms with Crippen LogP contribution in [-0.4, -0.2) is 61.0 Å². The summed E-state index contributed by atoms with van der Waals surface area (Å²) in [5.41, 5.74) is 1.15. The van der Waals surface area contributed by atoms with E-state index in [0.717, 1.165) is 48.4 Å². The first kappa shape index (κ1) is 22.7. The van der Waals surface area contributed by atoms with E-state index in [4.69, 9.17) is 4.99 Å². The predicted molar refractivity (Wildman–Crippen MR) is 118 cm³/mol. The number of guanidine groups is 1. The Morgan fingerprint density at radius 3 is 2.69 bits per heavy atom. The molecular weight excluding hydrogens is 463 g/mol. The number of thioether (sulfide) groups is 1. The Kier molecular flexibility index (Phi) is 9.99. The van der Waals surface area contributed by atoms with Crippen LogP contribution in [0, 0.1) is 6.92 Å². The van der Waals surface area contributed by atoms with Crippen molar-refractivity contribution in [1.82, 2.24) is 34.8 Å². The highest BCUT2D eigenvalue weighted by Gasteiger charge is 2.10. The highest BCUT2D eigenvalue weighted by molar-refractivity contribution is 14.0. The summed E-state index contributed by atoms with van der Waals surface area (Å²) < 4.78 is 3.78. The third-order valence-electron chi connectivity index (χ3n) is 3.90. The molecule has 2 aromatic rings.